The third-order valence-electron chi connectivity index (χ3n) is 2.73. The van der Waals surface area contributed by atoms with Crippen molar-refractivity contribution in [2.45, 2.75) is 11.0 Å². The molecule has 0 unspecified atom stereocenters. The van der Waals surface area contributed by atoms with Gasteiger partial charge in [0.2, 0.25) is 10.0 Å². The maximum Gasteiger partial charge on any atom is 0.242 e. The SMILES string of the molecule is O=S(=O)(NC[C@@H](O)c1ccc(Cl)cc1Cl)c1cccnc1. The van der Waals surface area contributed by atoms with Gasteiger partial charge in [0, 0.05) is 34.5 Å². The van der Waals surface area contributed by atoms with Crippen LogP contribution in [0, 0.1) is 0 Å². The molecule has 0 spiro atoms. The van der Waals surface area contributed by atoms with E-state index in [-0.39, 0.29) is 16.5 Å². The Morgan fingerprint density at radius 3 is 2.67 bits per heavy atom. The molecule has 112 valence electrons. The number of benzene rings is 1. The molecule has 0 saturated carbocycles. The van der Waals surface area contributed by atoms with Crippen molar-refractivity contribution < 1.29 is 13.5 Å². The van der Waals surface area contributed by atoms with Gasteiger partial charge in [-0.05, 0) is 24.3 Å². The first kappa shape index (κ1) is 16.2. The van der Waals surface area contributed by atoms with Gasteiger partial charge in [-0.1, -0.05) is 29.3 Å². The van der Waals surface area contributed by atoms with Crippen LogP contribution in [0.3, 0.4) is 0 Å². The fourth-order valence-corrected chi connectivity index (χ4v) is 3.20. The standard InChI is InChI=1S/C13H12Cl2N2O3S/c14-9-3-4-11(12(15)6-9)13(18)8-17-21(19,20)10-2-1-5-16-7-10/h1-7,13,17-18H,8H2/t13-/m1/s1. The first-order valence-electron chi connectivity index (χ1n) is 5.93. The van der Waals surface area contributed by atoms with Crippen molar-refractivity contribution in [3.05, 3.63) is 58.3 Å². The minimum Gasteiger partial charge on any atom is -0.387 e. The number of pyridine rings is 1. The molecule has 2 aromatic rings. The van der Waals surface area contributed by atoms with E-state index in [1.165, 1.54) is 30.6 Å². The molecule has 8 heteroatoms. The second-order valence-corrected chi connectivity index (χ2v) is 6.83. The summed E-state index contributed by atoms with van der Waals surface area (Å²) in [5.41, 5.74) is 0.398. The lowest BCUT2D eigenvalue weighted by Crippen LogP contribution is -2.28. The van der Waals surface area contributed by atoms with Gasteiger partial charge >= 0.3 is 0 Å². The van der Waals surface area contributed by atoms with Crippen molar-refractivity contribution in [3.8, 4) is 0 Å². The molecule has 0 aliphatic rings. The molecule has 1 heterocycles. The van der Waals surface area contributed by atoms with Crippen molar-refractivity contribution in [2.75, 3.05) is 6.54 Å². The predicted octanol–water partition coefficient (Wildman–Crippen LogP) is 2.40. The molecule has 1 atom stereocenters. The lowest BCUT2D eigenvalue weighted by molar-refractivity contribution is 0.182. The minimum absolute atomic E-state index is 0.0272. The highest BCUT2D eigenvalue weighted by Crippen LogP contribution is 2.26. The molecule has 21 heavy (non-hydrogen) atoms. The summed E-state index contributed by atoms with van der Waals surface area (Å²) in [5.74, 6) is 0. The van der Waals surface area contributed by atoms with Gasteiger partial charge in [0.1, 0.15) is 4.90 Å². The van der Waals surface area contributed by atoms with Crippen molar-refractivity contribution >= 4 is 33.2 Å². The summed E-state index contributed by atoms with van der Waals surface area (Å²) in [6.07, 6.45) is 1.62. The van der Waals surface area contributed by atoms with Gasteiger partial charge in [0.15, 0.2) is 0 Å². The van der Waals surface area contributed by atoms with E-state index in [1.807, 2.05) is 0 Å². The molecular formula is C13H12Cl2N2O3S. The van der Waals surface area contributed by atoms with Crippen molar-refractivity contribution in [2.24, 2.45) is 0 Å². The molecule has 2 N–H and O–H groups in total. The number of aliphatic hydroxyl groups is 1. The van der Waals surface area contributed by atoms with Crippen LogP contribution in [0.25, 0.3) is 0 Å². The summed E-state index contributed by atoms with van der Waals surface area (Å²) in [4.78, 5) is 3.77. The number of sulfonamides is 1. The van der Waals surface area contributed by atoms with E-state index in [0.717, 1.165) is 0 Å². The number of hydrogen-bond donors (Lipinski definition) is 2. The Bertz CT molecular complexity index is 723. The van der Waals surface area contributed by atoms with Gasteiger partial charge in [-0.25, -0.2) is 13.1 Å². The van der Waals surface area contributed by atoms with E-state index in [9.17, 15) is 13.5 Å². The van der Waals surface area contributed by atoms with Gasteiger partial charge in [0.05, 0.1) is 6.10 Å². The van der Waals surface area contributed by atoms with Crippen LogP contribution in [-0.2, 0) is 10.0 Å². The quantitative estimate of drug-likeness (QED) is 0.871. The van der Waals surface area contributed by atoms with Crippen LogP contribution in [0.4, 0.5) is 0 Å². The zero-order valence-electron chi connectivity index (χ0n) is 10.7. The highest BCUT2D eigenvalue weighted by Gasteiger charge is 2.18. The molecule has 1 aromatic carbocycles. The summed E-state index contributed by atoms with van der Waals surface area (Å²) in [7, 11) is -3.73. The van der Waals surface area contributed by atoms with E-state index >= 15 is 0 Å². The topological polar surface area (TPSA) is 79.3 Å². The zero-order chi connectivity index (χ0) is 15.5. The molecule has 2 rings (SSSR count). The van der Waals surface area contributed by atoms with E-state index in [0.29, 0.717) is 10.6 Å². The molecular weight excluding hydrogens is 335 g/mol. The van der Waals surface area contributed by atoms with Crippen LogP contribution < -0.4 is 4.72 Å². The summed E-state index contributed by atoms with van der Waals surface area (Å²) in [6.45, 7) is -0.210. The van der Waals surface area contributed by atoms with Crippen LogP contribution in [0.5, 0.6) is 0 Å². The molecule has 5 nitrogen and oxygen atoms in total. The normalized spacial score (nSPS) is 13.1. The van der Waals surface area contributed by atoms with Gasteiger partial charge in [-0.15, -0.1) is 0 Å². The van der Waals surface area contributed by atoms with Gasteiger partial charge in [0.25, 0.3) is 0 Å². The first-order chi connectivity index (χ1) is 9.90. The maximum absolute atomic E-state index is 12.0. The van der Waals surface area contributed by atoms with Crippen molar-refractivity contribution in [1.29, 1.82) is 0 Å². The summed E-state index contributed by atoms with van der Waals surface area (Å²) in [6, 6.07) is 7.53. The van der Waals surface area contributed by atoms with Gasteiger partial charge in [-0.2, -0.15) is 0 Å². The lowest BCUT2D eigenvalue weighted by Gasteiger charge is -2.14. The second-order valence-electron chi connectivity index (χ2n) is 4.22. The lowest BCUT2D eigenvalue weighted by atomic mass is 10.1. The predicted molar refractivity (Wildman–Crippen MR) is 80.8 cm³/mol. The molecule has 0 amide bonds. The molecule has 1 aromatic heterocycles. The van der Waals surface area contributed by atoms with Gasteiger partial charge < -0.3 is 5.11 Å². The fourth-order valence-electron chi connectivity index (χ4n) is 1.66. The molecule has 0 aliphatic heterocycles. The first-order valence-corrected chi connectivity index (χ1v) is 8.17. The molecule has 0 radical (unpaired) electrons. The molecule has 0 bridgehead atoms. The van der Waals surface area contributed by atoms with Crippen molar-refractivity contribution in [3.63, 3.8) is 0 Å². The zero-order valence-corrected chi connectivity index (χ0v) is 13.0. The van der Waals surface area contributed by atoms with E-state index in [4.69, 9.17) is 23.2 Å². The highest BCUT2D eigenvalue weighted by atomic mass is 35.5. The Hall–Kier alpha value is -1.18. The minimum atomic E-state index is -3.73. The third-order valence-corrected chi connectivity index (χ3v) is 4.70. The molecule has 0 fully saturated rings. The Labute approximate surface area is 132 Å². The van der Waals surface area contributed by atoms with Crippen LogP contribution in [-0.4, -0.2) is 25.1 Å². The molecule has 0 aliphatic carbocycles. The Morgan fingerprint density at radius 1 is 1.29 bits per heavy atom. The third kappa shape index (κ3) is 4.15. The van der Waals surface area contributed by atoms with Crippen LogP contribution in [0.2, 0.25) is 10.0 Å². The van der Waals surface area contributed by atoms with Crippen LogP contribution >= 0.6 is 23.2 Å². The van der Waals surface area contributed by atoms with E-state index in [1.54, 1.807) is 12.1 Å². The fraction of sp³-hybridized carbons (Fsp3) is 0.154. The highest BCUT2D eigenvalue weighted by molar-refractivity contribution is 7.89. The van der Waals surface area contributed by atoms with E-state index < -0.39 is 16.1 Å². The monoisotopic (exact) mass is 346 g/mol. The van der Waals surface area contributed by atoms with Crippen molar-refractivity contribution in [1.82, 2.24) is 9.71 Å². The largest absolute Gasteiger partial charge is 0.387 e. The number of nitrogens with zero attached hydrogens (tertiary/aromatic N) is 1. The number of aromatic nitrogens is 1. The maximum atomic E-state index is 12.0. The Kier molecular flexibility index (Phi) is 5.18. The summed E-state index contributed by atoms with van der Waals surface area (Å²) >= 11 is 11.7. The van der Waals surface area contributed by atoms with Gasteiger partial charge in [-0.3, -0.25) is 4.98 Å². The Balaban J connectivity index is 2.09. The van der Waals surface area contributed by atoms with Crippen LogP contribution in [0.1, 0.15) is 11.7 Å². The van der Waals surface area contributed by atoms with E-state index in [2.05, 4.69) is 9.71 Å². The molecule has 0 saturated heterocycles. The number of hydrogen-bond acceptors (Lipinski definition) is 4. The number of nitrogens with one attached hydrogen (secondary N) is 1. The second kappa shape index (κ2) is 6.72. The Morgan fingerprint density at radius 2 is 2.05 bits per heavy atom. The number of halogens is 2. The average Bonchev–Trinajstić information content (AvgIpc) is 2.46. The summed E-state index contributed by atoms with van der Waals surface area (Å²) in [5, 5.41) is 10.7. The average molecular weight is 347 g/mol. The summed E-state index contributed by atoms with van der Waals surface area (Å²) < 4.78 is 26.3. The van der Waals surface area contributed by atoms with Crippen LogP contribution in [0.15, 0.2) is 47.6 Å². The smallest absolute Gasteiger partial charge is 0.242 e. The number of rotatable bonds is 5. The number of aliphatic hydroxyl groups excluding tert-OH is 1.